The molecule has 0 amide bonds. The van der Waals surface area contributed by atoms with Gasteiger partial charge in [0.25, 0.3) is 5.89 Å². The van der Waals surface area contributed by atoms with Crippen molar-refractivity contribution in [2.75, 3.05) is 0 Å². The van der Waals surface area contributed by atoms with Gasteiger partial charge in [0.05, 0.1) is 23.1 Å². The number of benzene rings is 2. The molecule has 0 N–H and O–H groups in total. The van der Waals surface area contributed by atoms with E-state index in [1.54, 1.807) is 24.5 Å². The molecule has 0 spiro atoms. The van der Waals surface area contributed by atoms with Crippen LogP contribution >= 0.6 is 0 Å². The molecule has 0 fully saturated rings. The van der Waals surface area contributed by atoms with E-state index in [0.717, 1.165) is 16.9 Å². The van der Waals surface area contributed by atoms with E-state index in [1.165, 1.54) is 6.07 Å². The molecule has 0 bridgehead atoms. The van der Waals surface area contributed by atoms with E-state index in [0.29, 0.717) is 34.2 Å². The fraction of sp³-hybridized carbons (Fsp3) is 0.200. The highest BCUT2D eigenvalue weighted by atomic mass is 19.1. The number of aromatic nitrogens is 4. The van der Waals surface area contributed by atoms with E-state index in [9.17, 15) is 4.39 Å². The van der Waals surface area contributed by atoms with Crippen LogP contribution in [0.3, 0.4) is 0 Å². The lowest BCUT2D eigenvalue weighted by molar-refractivity contribution is 0.417. The second kappa shape index (κ2) is 7.57. The topological polar surface area (TPSA) is 69.1 Å². The van der Waals surface area contributed by atoms with Crippen molar-refractivity contribution in [3.63, 3.8) is 0 Å². The number of nitrogens with zero attached hydrogens (tertiary/aromatic N) is 5. The van der Waals surface area contributed by atoms with E-state index in [2.05, 4.69) is 21.0 Å². The number of aliphatic imine (C=N–C) groups is 1. The third-order valence-electron chi connectivity index (χ3n) is 5.49. The SMILES string of the molecule is C#Cc1ccc2c(c1)C(c1ccccc1F)=N[C@H](C)c1c(-c3nc(C(C)C)no3)ncn1-2. The average molecular weight is 425 g/mol. The number of halogens is 1. The van der Waals surface area contributed by atoms with Crippen molar-refractivity contribution in [1.82, 2.24) is 19.7 Å². The maximum absolute atomic E-state index is 14.8. The van der Waals surface area contributed by atoms with E-state index in [1.807, 2.05) is 43.5 Å². The number of hydrogen-bond donors (Lipinski definition) is 0. The summed E-state index contributed by atoms with van der Waals surface area (Å²) in [6.45, 7) is 5.93. The van der Waals surface area contributed by atoms with Crippen LogP contribution in [-0.4, -0.2) is 25.4 Å². The molecule has 0 aliphatic carbocycles. The van der Waals surface area contributed by atoms with Gasteiger partial charge in [-0.3, -0.25) is 9.56 Å². The first-order chi connectivity index (χ1) is 15.5. The van der Waals surface area contributed by atoms with Crippen LogP contribution in [0.2, 0.25) is 0 Å². The van der Waals surface area contributed by atoms with Gasteiger partial charge in [0.15, 0.2) is 11.5 Å². The highest BCUT2D eigenvalue weighted by molar-refractivity contribution is 6.15. The summed E-state index contributed by atoms with van der Waals surface area (Å²) in [5.41, 5.74) is 4.50. The van der Waals surface area contributed by atoms with Crippen molar-refractivity contribution < 1.29 is 8.91 Å². The number of hydrogen-bond acceptors (Lipinski definition) is 5. The number of imidazole rings is 1. The Balaban J connectivity index is 1.77. The fourth-order valence-electron chi connectivity index (χ4n) is 3.90. The van der Waals surface area contributed by atoms with Gasteiger partial charge in [0, 0.05) is 22.6 Å². The van der Waals surface area contributed by atoms with Crippen molar-refractivity contribution in [3.05, 3.63) is 82.8 Å². The summed E-state index contributed by atoms with van der Waals surface area (Å²) in [5.74, 6) is 3.38. The molecule has 0 saturated heterocycles. The molecule has 3 heterocycles. The zero-order valence-corrected chi connectivity index (χ0v) is 17.9. The predicted molar refractivity (Wildman–Crippen MR) is 119 cm³/mol. The molecule has 32 heavy (non-hydrogen) atoms. The molecular formula is C25H20FN5O. The lowest BCUT2D eigenvalue weighted by Crippen LogP contribution is -2.09. The van der Waals surface area contributed by atoms with Crippen LogP contribution in [0.4, 0.5) is 4.39 Å². The third kappa shape index (κ3) is 3.12. The van der Waals surface area contributed by atoms with E-state index < -0.39 is 0 Å². The van der Waals surface area contributed by atoms with Crippen molar-refractivity contribution in [1.29, 1.82) is 0 Å². The second-order valence-corrected chi connectivity index (χ2v) is 7.97. The Labute approximate surface area is 184 Å². The molecule has 7 heteroatoms. The summed E-state index contributed by atoms with van der Waals surface area (Å²) in [4.78, 5) is 14.0. The minimum absolute atomic E-state index is 0.125. The Bertz CT molecular complexity index is 1410. The van der Waals surface area contributed by atoms with E-state index in [4.69, 9.17) is 15.9 Å². The Hall–Kier alpha value is -4.05. The Kier molecular flexibility index (Phi) is 4.71. The summed E-state index contributed by atoms with van der Waals surface area (Å²) in [6, 6.07) is 11.8. The van der Waals surface area contributed by atoms with Crippen molar-refractivity contribution in [2.45, 2.75) is 32.7 Å². The maximum Gasteiger partial charge on any atom is 0.278 e. The summed E-state index contributed by atoms with van der Waals surface area (Å²) >= 11 is 0. The van der Waals surface area contributed by atoms with Crippen molar-refractivity contribution in [3.8, 4) is 29.6 Å². The highest BCUT2D eigenvalue weighted by Gasteiger charge is 2.29. The Morgan fingerprint density at radius 2 is 1.97 bits per heavy atom. The molecule has 1 aliphatic heterocycles. The standard InChI is InChI=1S/C25H20FN5O/c1-5-16-10-11-20-18(12-16)21(17-8-6-7-9-19(17)26)28-15(4)23-22(27-13-31(20)23)25-29-24(14(2)3)30-32-25/h1,6-15H,2-4H3/t15-/m1/s1. The molecule has 158 valence electrons. The summed E-state index contributed by atoms with van der Waals surface area (Å²) in [7, 11) is 0. The second-order valence-electron chi connectivity index (χ2n) is 7.97. The van der Waals surface area contributed by atoms with E-state index >= 15 is 0 Å². The molecule has 0 radical (unpaired) electrons. The Morgan fingerprint density at radius 3 is 2.69 bits per heavy atom. The minimum atomic E-state index is -0.363. The number of fused-ring (bicyclic) bond motifs is 3. The minimum Gasteiger partial charge on any atom is -0.332 e. The molecule has 0 unspecified atom stereocenters. The fourth-order valence-corrected chi connectivity index (χ4v) is 3.90. The lowest BCUT2D eigenvalue weighted by Gasteiger charge is -2.12. The number of terminal acetylenes is 1. The summed E-state index contributed by atoms with van der Waals surface area (Å²) in [5, 5.41) is 4.07. The zero-order valence-electron chi connectivity index (χ0n) is 17.9. The molecule has 2 aromatic heterocycles. The first kappa shape index (κ1) is 19.9. The molecular weight excluding hydrogens is 405 g/mol. The van der Waals surface area contributed by atoms with Crippen LogP contribution in [0.1, 0.15) is 60.9 Å². The molecule has 5 rings (SSSR count). The van der Waals surface area contributed by atoms with Gasteiger partial charge in [-0.15, -0.1) is 6.42 Å². The van der Waals surface area contributed by atoms with Gasteiger partial charge in [0.1, 0.15) is 12.1 Å². The van der Waals surface area contributed by atoms with Crippen LogP contribution in [0.15, 0.2) is 58.3 Å². The van der Waals surface area contributed by atoms with Gasteiger partial charge < -0.3 is 4.52 Å². The van der Waals surface area contributed by atoms with Crippen LogP contribution in [-0.2, 0) is 0 Å². The van der Waals surface area contributed by atoms with Crippen LogP contribution < -0.4 is 0 Å². The van der Waals surface area contributed by atoms with Crippen molar-refractivity contribution in [2.24, 2.45) is 4.99 Å². The maximum atomic E-state index is 14.8. The largest absolute Gasteiger partial charge is 0.332 e. The molecule has 1 aliphatic rings. The lowest BCUT2D eigenvalue weighted by atomic mass is 9.98. The van der Waals surface area contributed by atoms with Gasteiger partial charge in [-0.2, -0.15) is 4.98 Å². The monoisotopic (exact) mass is 425 g/mol. The van der Waals surface area contributed by atoms with Crippen LogP contribution in [0.25, 0.3) is 17.3 Å². The van der Waals surface area contributed by atoms with Crippen LogP contribution in [0.5, 0.6) is 0 Å². The molecule has 4 aromatic rings. The van der Waals surface area contributed by atoms with Gasteiger partial charge in [-0.25, -0.2) is 9.37 Å². The van der Waals surface area contributed by atoms with Gasteiger partial charge >= 0.3 is 0 Å². The normalized spacial score (nSPS) is 15.0. The van der Waals surface area contributed by atoms with E-state index in [-0.39, 0.29) is 17.8 Å². The predicted octanol–water partition coefficient (Wildman–Crippen LogP) is 5.08. The molecule has 0 saturated carbocycles. The first-order valence-corrected chi connectivity index (χ1v) is 10.3. The van der Waals surface area contributed by atoms with Gasteiger partial charge in [-0.05, 0) is 37.3 Å². The summed E-state index contributed by atoms with van der Waals surface area (Å²) in [6.07, 6.45) is 7.36. The quantitative estimate of drug-likeness (QED) is 0.429. The van der Waals surface area contributed by atoms with Gasteiger partial charge in [0.2, 0.25) is 0 Å². The smallest absolute Gasteiger partial charge is 0.278 e. The highest BCUT2D eigenvalue weighted by Crippen LogP contribution is 2.36. The summed E-state index contributed by atoms with van der Waals surface area (Å²) < 4.78 is 22.3. The average Bonchev–Trinajstić information content (AvgIpc) is 3.43. The van der Waals surface area contributed by atoms with Gasteiger partial charge in [-0.1, -0.05) is 37.1 Å². The third-order valence-corrected chi connectivity index (χ3v) is 5.49. The van der Waals surface area contributed by atoms with Crippen molar-refractivity contribution >= 4 is 5.71 Å². The zero-order chi connectivity index (χ0) is 22.4. The Morgan fingerprint density at radius 1 is 1.16 bits per heavy atom. The molecule has 6 nitrogen and oxygen atoms in total. The molecule has 1 atom stereocenters. The first-order valence-electron chi connectivity index (χ1n) is 10.3. The molecule has 2 aromatic carbocycles. The van der Waals surface area contributed by atoms with Crippen LogP contribution in [0, 0.1) is 18.2 Å². The number of rotatable bonds is 3.